The van der Waals surface area contributed by atoms with Crippen molar-refractivity contribution in [2.75, 3.05) is 30.8 Å². The Morgan fingerprint density at radius 1 is 1.08 bits per heavy atom. The summed E-state index contributed by atoms with van der Waals surface area (Å²) in [6.07, 6.45) is 2.68. The summed E-state index contributed by atoms with van der Waals surface area (Å²) in [5, 5.41) is 13.2. The summed E-state index contributed by atoms with van der Waals surface area (Å²) in [5.41, 5.74) is 11.9. The van der Waals surface area contributed by atoms with Gasteiger partial charge in [-0.3, -0.25) is 0 Å². The molecule has 4 heterocycles. The third-order valence-corrected chi connectivity index (χ3v) is 8.47. The summed E-state index contributed by atoms with van der Waals surface area (Å²) in [5.74, 6) is 0.657. The van der Waals surface area contributed by atoms with E-state index in [4.69, 9.17) is 19.6 Å². The number of imidazole rings is 1. The Kier molecular flexibility index (Phi) is 8.68. The van der Waals surface area contributed by atoms with E-state index in [-0.39, 0.29) is 25.1 Å². The molecule has 7 rings (SSSR count). The number of oxazole rings is 1. The molecule has 14 nitrogen and oxygen atoms in total. The molecule has 0 aliphatic heterocycles. The van der Waals surface area contributed by atoms with Crippen molar-refractivity contribution >= 4 is 73.2 Å². The van der Waals surface area contributed by atoms with Gasteiger partial charge in [0, 0.05) is 19.3 Å². The predicted octanol–water partition coefficient (Wildman–Crippen LogP) is 5.69. The number of nitriles is 1. The Balaban J connectivity index is 0.879. The second kappa shape index (κ2) is 13.7. The number of aromatic amines is 1. The monoisotopic (exact) mass is 672 g/mol. The van der Waals surface area contributed by atoms with Crippen LogP contribution in [0.5, 0.6) is 5.88 Å². The van der Waals surface area contributed by atoms with Crippen LogP contribution in [0.2, 0.25) is 0 Å². The van der Waals surface area contributed by atoms with Crippen LogP contribution in [0.25, 0.3) is 44.1 Å². The number of thiazole rings is 1. The molecule has 0 saturated carbocycles. The molecule has 7 aromatic rings. The molecule has 0 saturated heterocycles. The summed E-state index contributed by atoms with van der Waals surface area (Å²) in [6, 6.07) is 23.1. The molecule has 4 aromatic heterocycles. The van der Waals surface area contributed by atoms with Gasteiger partial charge in [-0.25, -0.2) is 19.7 Å². The number of nitrogens with one attached hydrogen (secondary N) is 2. The first kappa shape index (κ1) is 31.1. The van der Waals surface area contributed by atoms with Crippen molar-refractivity contribution in [3.8, 4) is 11.9 Å². The van der Waals surface area contributed by atoms with Gasteiger partial charge in [0.15, 0.2) is 16.7 Å². The summed E-state index contributed by atoms with van der Waals surface area (Å²) in [7, 11) is 1.92. The summed E-state index contributed by atoms with van der Waals surface area (Å²) >= 11 is 1.46. The molecule has 0 atom stereocenters. The maximum Gasteiger partial charge on any atom is 0.407 e. The minimum absolute atomic E-state index is 0.0952. The molecule has 0 aliphatic rings. The number of anilines is 2. The van der Waals surface area contributed by atoms with Gasteiger partial charge in [0.1, 0.15) is 35.4 Å². The number of amides is 1. The summed E-state index contributed by atoms with van der Waals surface area (Å²) < 4.78 is 17.9. The number of carbonyl (C=O) groups is 1. The maximum atomic E-state index is 12.4. The molecule has 3 aromatic carbocycles. The van der Waals surface area contributed by atoms with Gasteiger partial charge >= 0.3 is 6.09 Å². The average molecular weight is 673 g/mol. The molecular formula is C34H28N10O4S. The summed E-state index contributed by atoms with van der Waals surface area (Å²) in [4.78, 5) is 38.7. The van der Waals surface area contributed by atoms with Crippen molar-refractivity contribution in [1.82, 2.24) is 35.2 Å². The standard InChI is InChI=1S/C34H28N10O4S/c1-44(23-10-11-25-27(15-23)49-28(40-25)14-22(16-35)31-41-24-4-2-3-5-26(24)48-31)12-13-46-34(45)37-17-20-6-8-21(9-7-20)18-47-32-29-30(39-19-38-29)42-33(36)43-32/h2-11,14-15,19H,12-13,17-18H2,1H3,(H,37,45)(H3,36,38,39,42,43)/b22-14+. The Morgan fingerprint density at radius 3 is 2.76 bits per heavy atom. The van der Waals surface area contributed by atoms with E-state index in [0.29, 0.717) is 51.8 Å². The normalized spacial score (nSPS) is 11.6. The summed E-state index contributed by atoms with van der Waals surface area (Å²) in [6.45, 7) is 1.25. The number of likely N-dealkylation sites (N-methyl/N-ethyl adjacent to an activating group) is 1. The number of ether oxygens (including phenoxy) is 2. The maximum absolute atomic E-state index is 12.4. The number of nitrogens with two attached hydrogens (primary N) is 1. The first-order valence-corrected chi connectivity index (χ1v) is 15.9. The van der Waals surface area contributed by atoms with E-state index in [9.17, 15) is 10.1 Å². The van der Waals surface area contributed by atoms with Gasteiger partial charge in [-0.2, -0.15) is 15.2 Å². The van der Waals surface area contributed by atoms with E-state index in [2.05, 4.69) is 41.3 Å². The van der Waals surface area contributed by atoms with E-state index < -0.39 is 6.09 Å². The second-order valence-corrected chi connectivity index (χ2v) is 11.9. The largest absolute Gasteiger partial charge is 0.471 e. The van der Waals surface area contributed by atoms with Crippen molar-refractivity contribution < 1.29 is 18.7 Å². The minimum atomic E-state index is -0.508. The van der Waals surface area contributed by atoms with Gasteiger partial charge in [0.25, 0.3) is 0 Å². The zero-order valence-corrected chi connectivity index (χ0v) is 26.9. The molecule has 1 amide bonds. The molecule has 49 heavy (non-hydrogen) atoms. The van der Waals surface area contributed by atoms with Gasteiger partial charge in [-0.1, -0.05) is 36.4 Å². The van der Waals surface area contributed by atoms with Gasteiger partial charge in [-0.05, 0) is 47.5 Å². The molecule has 0 unspecified atom stereocenters. The van der Waals surface area contributed by atoms with E-state index in [0.717, 1.165) is 27.0 Å². The van der Waals surface area contributed by atoms with E-state index in [1.807, 2.05) is 78.7 Å². The minimum Gasteiger partial charge on any atom is -0.471 e. The lowest BCUT2D eigenvalue weighted by Gasteiger charge is -2.19. The number of hydrogen-bond acceptors (Lipinski definition) is 13. The molecule has 0 aliphatic carbocycles. The lowest BCUT2D eigenvalue weighted by atomic mass is 10.1. The fourth-order valence-electron chi connectivity index (χ4n) is 4.94. The fraction of sp³-hybridized carbons (Fsp3) is 0.147. The first-order valence-electron chi connectivity index (χ1n) is 15.1. The molecular weight excluding hydrogens is 645 g/mol. The van der Waals surface area contributed by atoms with Crippen LogP contribution < -0.4 is 20.7 Å². The number of rotatable bonds is 11. The fourth-order valence-corrected chi connectivity index (χ4v) is 5.89. The molecule has 244 valence electrons. The van der Waals surface area contributed by atoms with E-state index in [1.165, 1.54) is 17.7 Å². The highest BCUT2D eigenvalue weighted by Gasteiger charge is 2.14. The highest BCUT2D eigenvalue weighted by molar-refractivity contribution is 7.19. The van der Waals surface area contributed by atoms with Crippen LogP contribution in [0.15, 0.2) is 77.5 Å². The number of hydrogen-bond donors (Lipinski definition) is 3. The Bertz CT molecular complexity index is 2320. The van der Waals surface area contributed by atoms with Crippen LogP contribution in [-0.4, -0.2) is 56.2 Å². The van der Waals surface area contributed by atoms with Crippen LogP contribution in [0.3, 0.4) is 0 Å². The quantitative estimate of drug-likeness (QED) is 0.142. The van der Waals surface area contributed by atoms with Crippen molar-refractivity contribution in [2.45, 2.75) is 13.2 Å². The highest BCUT2D eigenvalue weighted by atomic mass is 32.1. The topological polar surface area (TPSA) is 194 Å². The van der Waals surface area contributed by atoms with Crippen molar-refractivity contribution in [3.05, 3.63) is 95.1 Å². The van der Waals surface area contributed by atoms with Gasteiger partial charge in [0.05, 0.1) is 23.1 Å². The third-order valence-electron chi connectivity index (χ3n) is 7.50. The molecule has 0 spiro atoms. The van der Waals surface area contributed by atoms with Crippen LogP contribution in [0.1, 0.15) is 22.0 Å². The number of H-pyrrole nitrogens is 1. The lowest BCUT2D eigenvalue weighted by Crippen LogP contribution is -2.28. The zero-order valence-electron chi connectivity index (χ0n) is 26.1. The number of alkyl carbamates (subject to hydrolysis) is 1. The van der Waals surface area contributed by atoms with Crippen LogP contribution in [0.4, 0.5) is 16.4 Å². The number of fused-ring (bicyclic) bond motifs is 3. The number of allylic oxidation sites excluding steroid dienone is 1. The zero-order chi connectivity index (χ0) is 33.7. The lowest BCUT2D eigenvalue weighted by molar-refractivity contribution is 0.148. The van der Waals surface area contributed by atoms with E-state index in [1.54, 1.807) is 6.08 Å². The molecule has 0 bridgehead atoms. The SMILES string of the molecule is CN(CCOC(=O)NCc1ccc(COc2nc(N)nc3[nH]cnc23)cc1)c1ccc2nc(/C=C(\C#N)c3nc4ccccc4o3)sc2c1. The van der Waals surface area contributed by atoms with Crippen LogP contribution >= 0.6 is 11.3 Å². The number of nitrogens with zero attached hydrogens (tertiary/aromatic N) is 7. The Labute approximate surface area is 282 Å². The van der Waals surface area contributed by atoms with Crippen molar-refractivity contribution in [3.63, 3.8) is 0 Å². The molecule has 0 radical (unpaired) electrons. The van der Waals surface area contributed by atoms with Gasteiger partial charge in [-0.15, -0.1) is 11.3 Å². The van der Waals surface area contributed by atoms with Gasteiger partial charge < -0.3 is 34.8 Å². The Morgan fingerprint density at radius 2 is 1.92 bits per heavy atom. The first-order chi connectivity index (χ1) is 23.9. The van der Waals surface area contributed by atoms with E-state index >= 15 is 0 Å². The smallest absolute Gasteiger partial charge is 0.407 e. The van der Waals surface area contributed by atoms with Crippen molar-refractivity contribution in [2.24, 2.45) is 0 Å². The molecule has 4 N–H and O–H groups in total. The number of benzene rings is 3. The Hall–Kier alpha value is -6.53. The predicted molar refractivity (Wildman–Crippen MR) is 185 cm³/mol. The third kappa shape index (κ3) is 7.09. The van der Waals surface area contributed by atoms with Gasteiger partial charge in [0.2, 0.25) is 17.7 Å². The van der Waals surface area contributed by atoms with Crippen LogP contribution in [-0.2, 0) is 17.9 Å². The highest BCUT2D eigenvalue weighted by Crippen LogP contribution is 2.30. The molecule has 15 heteroatoms. The van der Waals surface area contributed by atoms with Crippen molar-refractivity contribution in [1.29, 1.82) is 5.26 Å². The van der Waals surface area contributed by atoms with Crippen LogP contribution in [0, 0.1) is 11.3 Å². The number of carbonyl (C=O) groups excluding carboxylic acids is 1. The number of aromatic nitrogens is 6. The number of nitrogen functional groups attached to an aromatic ring is 1. The average Bonchev–Trinajstić information content (AvgIpc) is 3.86. The number of para-hydroxylation sites is 2. The second-order valence-electron chi connectivity index (χ2n) is 10.9. The molecule has 0 fully saturated rings.